The monoisotopic (exact) mass is 233 g/mol. The lowest BCUT2D eigenvalue weighted by Crippen LogP contribution is -2.25. The number of carbonyl (C=O) groups excluding carboxylic acids is 1. The maximum atomic E-state index is 11.5. The first kappa shape index (κ1) is 12.4. The molecule has 0 bridgehead atoms. The number of hydrogen-bond acceptors (Lipinski definition) is 1. The highest BCUT2D eigenvalue weighted by Gasteiger charge is 2.28. The predicted octanol–water partition coefficient (Wildman–Crippen LogP) is 3.21. The van der Waals surface area contributed by atoms with E-state index in [0.29, 0.717) is 18.4 Å². The second-order valence-corrected chi connectivity index (χ2v) is 5.49. The minimum Gasteiger partial charge on any atom is -0.352 e. The smallest absolute Gasteiger partial charge is 0.223 e. The van der Waals surface area contributed by atoms with Crippen LogP contribution in [0.1, 0.15) is 46.0 Å². The Labute approximate surface area is 104 Å². The molecule has 94 valence electrons. The number of rotatable bonds is 4. The molecule has 0 saturated heterocycles. The Balaban J connectivity index is 1.74. The van der Waals surface area contributed by atoms with Crippen LogP contribution in [-0.2, 0) is 4.79 Å². The summed E-state index contributed by atoms with van der Waals surface area (Å²) in [7, 11) is 0. The fraction of sp³-hybridized carbons (Fsp3) is 0.667. The predicted molar refractivity (Wildman–Crippen MR) is 70.6 cm³/mol. The largest absolute Gasteiger partial charge is 0.352 e. The topological polar surface area (TPSA) is 29.1 Å². The Morgan fingerprint density at radius 3 is 2.76 bits per heavy atom. The average Bonchev–Trinajstić information content (AvgIpc) is 3.13. The standard InChI is InChI=1S/C15H23NO/c1-11-3-5-13(6-4-11)12(2)9-10-16-15(17)14-7-8-14/h3,9,13-14H,4-8,10H2,1-2H3,(H,16,17)/b12-9+. The van der Waals surface area contributed by atoms with Gasteiger partial charge >= 0.3 is 0 Å². The lowest BCUT2D eigenvalue weighted by molar-refractivity contribution is -0.122. The fourth-order valence-electron chi connectivity index (χ4n) is 2.35. The summed E-state index contributed by atoms with van der Waals surface area (Å²) in [4.78, 5) is 11.5. The molecule has 2 heteroatoms. The number of hydrogen-bond donors (Lipinski definition) is 1. The van der Waals surface area contributed by atoms with Crippen LogP contribution in [0.4, 0.5) is 0 Å². The minimum atomic E-state index is 0.244. The van der Waals surface area contributed by atoms with E-state index in [0.717, 1.165) is 12.8 Å². The SMILES string of the molecule is CC1=CCC(/C(C)=C/CNC(=O)C2CC2)CC1. The minimum absolute atomic E-state index is 0.244. The van der Waals surface area contributed by atoms with Gasteiger partial charge in [0.1, 0.15) is 0 Å². The van der Waals surface area contributed by atoms with Crippen LogP contribution in [0.2, 0.25) is 0 Å². The van der Waals surface area contributed by atoms with E-state index in [4.69, 9.17) is 0 Å². The summed E-state index contributed by atoms with van der Waals surface area (Å²) in [5.74, 6) is 1.26. The van der Waals surface area contributed by atoms with Crippen LogP contribution in [0.25, 0.3) is 0 Å². The number of allylic oxidation sites excluding steroid dienone is 3. The summed E-state index contributed by atoms with van der Waals surface area (Å²) in [6.07, 6.45) is 10.4. The number of nitrogens with one attached hydrogen (secondary N) is 1. The van der Waals surface area contributed by atoms with Crippen LogP contribution >= 0.6 is 0 Å². The van der Waals surface area contributed by atoms with Gasteiger partial charge in [-0.3, -0.25) is 4.79 Å². The van der Waals surface area contributed by atoms with Crippen molar-refractivity contribution in [2.24, 2.45) is 11.8 Å². The molecule has 1 saturated carbocycles. The molecule has 0 heterocycles. The Kier molecular flexibility index (Phi) is 4.03. The molecule has 2 rings (SSSR count). The highest BCUT2D eigenvalue weighted by molar-refractivity contribution is 5.80. The Hall–Kier alpha value is -1.05. The van der Waals surface area contributed by atoms with Gasteiger partial charge in [-0.05, 0) is 51.9 Å². The lowest BCUT2D eigenvalue weighted by atomic mass is 9.85. The van der Waals surface area contributed by atoms with Gasteiger partial charge < -0.3 is 5.32 Å². The van der Waals surface area contributed by atoms with Crippen molar-refractivity contribution in [1.82, 2.24) is 5.32 Å². The normalized spacial score (nSPS) is 25.4. The molecule has 2 aliphatic carbocycles. The second-order valence-electron chi connectivity index (χ2n) is 5.49. The van der Waals surface area contributed by atoms with Crippen molar-refractivity contribution in [1.29, 1.82) is 0 Å². The lowest BCUT2D eigenvalue weighted by Gasteiger charge is -2.21. The first-order chi connectivity index (χ1) is 8.16. The van der Waals surface area contributed by atoms with E-state index in [1.54, 1.807) is 0 Å². The number of amides is 1. The zero-order valence-corrected chi connectivity index (χ0v) is 11.0. The molecule has 0 spiro atoms. The van der Waals surface area contributed by atoms with Crippen molar-refractivity contribution >= 4 is 5.91 Å². The third-order valence-corrected chi connectivity index (χ3v) is 3.93. The Morgan fingerprint density at radius 1 is 1.41 bits per heavy atom. The van der Waals surface area contributed by atoms with Crippen LogP contribution in [0.5, 0.6) is 0 Å². The summed E-state index contributed by atoms with van der Waals surface area (Å²) in [5.41, 5.74) is 2.96. The maximum Gasteiger partial charge on any atom is 0.223 e. The van der Waals surface area contributed by atoms with Gasteiger partial charge in [0.15, 0.2) is 0 Å². The van der Waals surface area contributed by atoms with Gasteiger partial charge in [-0.15, -0.1) is 0 Å². The van der Waals surface area contributed by atoms with Gasteiger partial charge in [0, 0.05) is 12.5 Å². The molecule has 0 aromatic rings. The molecule has 1 unspecified atom stereocenters. The molecule has 1 atom stereocenters. The van der Waals surface area contributed by atoms with E-state index >= 15 is 0 Å². The summed E-state index contributed by atoms with van der Waals surface area (Å²) >= 11 is 0. The summed E-state index contributed by atoms with van der Waals surface area (Å²) < 4.78 is 0. The summed E-state index contributed by atoms with van der Waals surface area (Å²) in [5, 5.41) is 2.99. The maximum absolute atomic E-state index is 11.5. The van der Waals surface area contributed by atoms with Crippen LogP contribution < -0.4 is 5.32 Å². The van der Waals surface area contributed by atoms with Crippen molar-refractivity contribution in [2.75, 3.05) is 6.54 Å². The highest BCUT2D eigenvalue weighted by Crippen LogP contribution is 2.29. The fourth-order valence-corrected chi connectivity index (χ4v) is 2.35. The van der Waals surface area contributed by atoms with Crippen molar-refractivity contribution in [2.45, 2.75) is 46.0 Å². The summed E-state index contributed by atoms with van der Waals surface area (Å²) in [6.45, 7) is 5.12. The van der Waals surface area contributed by atoms with Crippen molar-refractivity contribution in [3.8, 4) is 0 Å². The first-order valence-electron chi connectivity index (χ1n) is 6.77. The van der Waals surface area contributed by atoms with E-state index in [1.807, 2.05) is 0 Å². The third kappa shape index (κ3) is 3.72. The van der Waals surface area contributed by atoms with E-state index in [-0.39, 0.29) is 5.91 Å². The molecule has 0 radical (unpaired) electrons. The zero-order valence-electron chi connectivity index (χ0n) is 11.0. The van der Waals surface area contributed by atoms with Crippen LogP contribution in [0.3, 0.4) is 0 Å². The molecule has 0 aromatic heterocycles. The molecule has 1 fully saturated rings. The molecule has 17 heavy (non-hydrogen) atoms. The number of carbonyl (C=O) groups is 1. The van der Waals surface area contributed by atoms with Crippen LogP contribution in [0.15, 0.2) is 23.3 Å². The molecular formula is C15H23NO. The van der Waals surface area contributed by atoms with Gasteiger partial charge in [0.25, 0.3) is 0 Å². The Bertz CT molecular complexity index is 350. The van der Waals surface area contributed by atoms with Gasteiger partial charge in [0.2, 0.25) is 5.91 Å². The molecular weight excluding hydrogens is 210 g/mol. The molecule has 2 nitrogen and oxygen atoms in total. The quantitative estimate of drug-likeness (QED) is 0.742. The highest BCUT2D eigenvalue weighted by atomic mass is 16.2. The first-order valence-corrected chi connectivity index (χ1v) is 6.77. The molecule has 0 aliphatic heterocycles. The van der Waals surface area contributed by atoms with E-state index in [9.17, 15) is 4.79 Å². The van der Waals surface area contributed by atoms with Crippen molar-refractivity contribution in [3.05, 3.63) is 23.3 Å². The van der Waals surface area contributed by atoms with E-state index in [1.165, 1.54) is 30.4 Å². The molecule has 1 amide bonds. The van der Waals surface area contributed by atoms with Crippen molar-refractivity contribution in [3.63, 3.8) is 0 Å². The van der Waals surface area contributed by atoms with Gasteiger partial charge in [0.05, 0.1) is 0 Å². The average molecular weight is 233 g/mol. The molecule has 2 aliphatic rings. The van der Waals surface area contributed by atoms with Crippen molar-refractivity contribution < 1.29 is 4.79 Å². The van der Waals surface area contributed by atoms with Gasteiger partial charge in [-0.25, -0.2) is 0 Å². The van der Waals surface area contributed by atoms with Crippen LogP contribution in [0, 0.1) is 11.8 Å². The van der Waals surface area contributed by atoms with E-state index in [2.05, 4.69) is 31.3 Å². The van der Waals surface area contributed by atoms with Gasteiger partial charge in [-0.2, -0.15) is 0 Å². The summed E-state index contributed by atoms with van der Waals surface area (Å²) in [6, 6.07) is 0. The zero-order chi connectivity index (χ0) is 12.3. The van der Waals surface area contributed by atoms with Crippen LogP contribution in [-0.4, -0.2) is 12.5 Å². The Morgan fingerprint density at radius 2 is 2.18 bits per heavy atom. The third-order valence-electron chi connectivity index (χ3n) is 3.93. The molecule has 1 N–H and O–H groups in total. The van der Waals surface area contributed by atoms with E-state index < -0.39 is 0 Å². The second kappa shape index (κ2) is 5.52. The molecule has 0 aromatic carbocycles. The van der Waals surface area contributed by atoms with Gasteiger partial charge in [-0.1, -0.05) is 23.3 Å².